The number of nitrogens with zero attached hydrogens (tertiary/aromatic N) is 1. The second-order valence-corrected chi connectivity index (χ2v) is 7.82. The molecule has 3 rings (SSSR count). The number of fused-ring (bicyclic) bond motifs is 3. The summed E-state index contributed by atoms with van der Waals surface area (Å²) in [6, 6.07) is 5.86. The van der Waals surface area contributed by atoms with E-state index in [1.165, 1.54) is 0 Å². The molecule has 32 heavy (non-hydrogen) atoms. The Bertz CT molecular complexity index is 977. The Labute approximate surface area is 190 Å². The predicted octanol–water partition coefficient (Wildman–Crippen LogP) is 4.69. The molecule has 1 atom stereocenters. The Hall–Kier alpha value is -2.35. The molecule has 0 aliphatic carbocycles. The molecule has 1 aliphatic heterocycles. The highest BCUT2D eigenvalue weighted by molar-refractivity contribution is 5.70. The first-order chi connectivity index (χ1) is 15.4. The summed E-state index contributed by atoms with van der Waals surface area (Å²) in [6.45, 7) is 9.15. The quantitative estimate of drug-likeness (QED) is 0.467. The molecule has 0 fully saturated rings. The average Bonchev–Trinajstić information content (AvgIpc) is 2.79. The van der Waals surface area contributed by atoms with Gasteiger partial charge in [0.05, 0.1) is 32.6 Å². The zero-order chi connectivity index (χ0) is 23.3. The van der Waals surface area contributed by atoms with E-state index in [0.717, 1.165) is 29.7 Å². The van der Waals surface area contributed by atoms with Crippen LogP contribution < -0.4 is 14.9 Å². The van der Waals surface area contributed by atoms with Crippen LogP contribution in [0.25, 0.3) is 11.3 Å². The van der Waals surface area contributed by atoms with Crippen molar-refractivity contribution in [2.45, 2.75) is 65.6 Å². The summed E-state index contributed by atoms with van der Waals surface area (Å²) in [4.78, 5) is 12.7. The fraction of sp³-hybridized carbons (Fsp3) is 0.560. The molecular formula is C25H35NO6. The maximum atomic E-state index is 12.7. The van der Waals surface area contributed by atoms with E-state index >= 15 is 0 Å². The number of hydrogen-bond acceptors (Lipinski definition) is 6. The average molecular weight is 446 g/mol. The Kier molecular flexibility index (Phi) is 7.98. The van der Waals surface area contributed by atoms with Gasteiger partial charge in [-0.3, -0.25) is 4.79 Å². The van der Waals surface area contributed by atoms with E-state index in [2.05, 4.69) is 11.5 Å². The minimum atomic E-state index is -1.17. The van der Waals surface area contributed by atoms with E-state index in [4.69, 9.17) is 23.7 Å². The molecule has 0 spiro atoms. The maximum Gasteiger partial charge on any atom is 0.326 e. The summed E-state index contributed by atoms with van der Waals surface area (Å²) >= 11 is 0. The van der Waals surface area contributed by atoms with Crippen LogP contribution in [0.5, 0.6) is 11.5 Å². The van der Waals surface area contributed by atoms with Crippen molar-refractivity contribution < 1.29 is 23.7 Å². The van der Waals surface area contributed by atoms with Crippen molar-refractivity contribution >= 4 is 0 Å². The molecular weight excluding hydrogens is 410 g/mol. The van der Waals surface area contributed by atoms with Gasteiger partial charge in [0.25, 0.3) is 0 Å². The number of pyridine rings is 1. The van der Waals surface area contributed by atoms with E-state index < -0.39 is 5.97 Å². The van der Waals surface area contributed by atoms with Gasteiger partial charge in [-0.25, -0.2) is 0 Å². The van der Waals surface area contributed by atoms with Crippen LogP contribution in [0.1, 0.15) is 57.7 Å². The van der Waals surface area contributed by atoms with Gasteiger partial charge in [-0.15, -0.1) is 0 Å². The van der Waals surface area contributed by atoms with E-state index in [9.17, 15) is 4.79 Å². The lowest BCUT2D eigenvalue weighted by molar-refractivity contribution is -0.341. The number of benzene rings is 1. The van der Waals surface area contributed by atoms with Crippen LogP contribution in [-0.2, 0) is 27.2 Å². The van der Waals surface area contributed by atoms with Gasteiger partial charge in [0, 0.05) is 43.0 Å². The monoisotopic (exact) mass is 445 g/mol. The van der Waals surface area contributed by atoms with E-state index in [1.54, 1.807) is 20.3 Å². The summed E-state index contributed by atoms with van der Waals surface area (Å²) in [5.41, 5.74) is 3.58. The summed E-state index contributed by atoms with van der Waals surface area (Å²) in [5, 5.41) is 0. The lowest BCUT2D eigenvalue weighted by Gasteiger charge is -2.34. The molecule has 2 heterocycles. The van der Waals surface area contributed by atoms with Gasteiger partial charge in [0.1, 0.15) is 0 Å². The number of methoxy groups -OCH3 is 2. The van der Waals surface area contributed by atoms with Gasteiger partial charge in [-0.1, -0.05) is 13.8 Å². The minimum Gasteiger partial charge on any atom is -0.493 e. The van der Waals surface area contributed by atoms with Crippen molar-refractivity contribution in [1.82, 2.24) is 4.57 Å². The fourth-order valence-corrected chi connectivity index (χ4v) is 4.30. The standard InChI is InChI=1S/C25H35NO6/c1-7-19-11-17-12-24(32-25(8-2,30-9-3)31-10-4)23(29-6)13-20(17)21-14-22(27)18(16-28-5)15-26(19)21/h12-15,19H,7-11,16H2,1-6H3. The number of hydrogen-bond donors (Lipinski definition) is 0. The summed E-state index contributed by atoms with van der Waals surface area (Å²) in [7, 11) is 3.21. The van der Waals surface area contributed by atoms with Crippen molar-refractivity contribution in [3.63, 3.8) is 0 Å². The SMILES string of the molecule is CCOC(CC)(OCC)Oc1cc2c(cc1OC)-c1cc(=O)c(COC)cn1C(CC)C2. The van der Waals surface area contributed by atoms with E-state index in [-0.39, 0.29) is 11.5 Å². The molecule has 0 saturated carbocycles. The van der Waals surface area contributed by atoms with Gasteiger partial charge in [0.2, 0.25) is 0 Å². The zero-order valence-electron chi connectivity index (χ0n) is 20.0. The van der Waals surface area contributed by atoms with Crippen LogP contribution in [0.15, 0.2) is 29.2 Å². The number of ether oxygens (including phenoxy) is 5. The molecule has 0 N–H and O–H groups in total. The number of aromatic nitrogens is 1. The second kappa shape index (κ2) is 10.5. The third kappa shape index (κ3) is 4.70. The van der Waals surface area contributed by atoms with Gasteiger partial charge in [-0.05, 0) is 44.4 Å². The van der Waals surface area contributed by atoms with Crippen molar-refractivity contribution in [3.8, 4) is 22.8 Å². The lowest BCUT2D eigenvalue weighted by atomic mass is 9.90. The summed E-state index contributed by atoms with van der Waals surface area (Å²) < 4.78 is 31.1. The van der Waals surface area contributed by atoms with Crippen LogP contribution in [-0.4, -0.2) is 38.0 Å². The molecule has 0 amide bonds. The van der Waals surface area contributed by atoms with Crippen molar-refractivity contribution in [3.05, 3.63) is 45.7 Å². The molecule has 7 heteroatoms. The first-order valence-electron chi connectivity index (χ1n) is 11.4. The molecule has 2 aromatic rings. The largest absolute Gasteiger partial charge is 0.493 e. The highest BCUT2D eigenvalue weighted by atomic mass is 16.9. The molecule has 0 radical (unpaired) electrons. The molecule has 1 aliphatic rings. The highest BCUT2D eigenvalue weighted by Crippen LogP contribution is 2.43. The summed E-state index contributed by atoms with van der Waals surface area (Å²) in [5.74, 6) is -0.0409. The fourth-order valence-electron chi connectivity index (χ4n) is 4.30. The third-order valence-electron chi connectivity index (χ3n) is 5.87. The first-order valence-corrected chi connectivity index (χ1v) is 11.4. The molecule has 7 nitrogen and oxygen atoms in total. The molecule has 176 valence electrons. The summed E-state index contributed by atoms with van der Waals surface area (Å²) in [6.07, 6.45) is 4.20. The van der Waals surface area contributed by atoms with Gasteiger partial charge < -0.3 is 28.3 Å². The second-order valence-electron chi connectivity index (χ2n) is 7.82. The molecule has 0 saturated heterocycles. The predicted molar refractivity (Wildman–Crippen MR) is 123 cm³/mol. The molecule has 1 aromatic heterocycles. The van der Waals surface area contributed by atoms with Crippen LogP contribution in [0.2, 0.25) is 0 Å². The number of rotatable bonds is 11. The van der Waals surface area contributed by atoms with Crippen LogP contribution >= 0.6 is 0 Å². The normalized spacial score (nSPS) is 15.2. The van der Waals surface area contributed by atoms with Crippen LogP contribution in [0.4, 0.5) is 0 Å². The smallest absolute Gasteiger partial charge is 0.326 e. The van der Waals surface area contributed by atoms with Crippen molar-refractivity contribution in [1.29, 1.82) is 0 Å². The Morgan fingerprint density at radius 1 is 1.03 bits per heavy atom. The van der Waals surface area contributed by atoms with E-state index in [1.807, 2.05) is 39.1 Å². The highest BCUT2D eigenvalue weighted by Gasteiger charge is 2.34. The maximum absolute atomic E-state index is 12.7. The Morgan fingerprint density at radius 2 is 1.75 bits per heavy atom. The topological polar surface area (TPSA) is 68.2 Å². The Morgan fingerprint density at radius 3 is 2.31 bits per heavy atom. The zero-order valence-corrected chi connectivity index (χ0v) is 20.0. The van der Waals surface area contributed by atoms with Gasteiger partial charge in [0.15, 0.2) is 16.9 Å². The van der Waals surface area contributed by atoms with Gasteiger partial charge >= 0.3 is 5.97 Å². The Balaban J connectivity index is 2.12. The van der Waals surface area contributed by atoms with E-state index in [0.29, 0.717) is 43.3 Å². The van der Waals surface area contributed by atoms with Gasteiger partial charge in [-0.2, -0.15) is 0 Å². The molecule has 1 unspecified atom stereocenters. The lowest BCUT2D eigenvalue weighted by Crippen LogP contribution is -2.42. The van der Waals surface area contributed by atoms with Crippen molar-refractivity contribution in [2.24, 2.45) is 0 Å². The molecule has 0 bridgehead atoms. The first kappa shape index (κ1) is 24.3. The van der Waals surface area contributed by atoms with Crippen molar-refractivity contribution in [2.75, 3.05) is 27.4 Å². The van der Waals surface area contributed by atoms with Crippen LogP contribution in [0.3, 0.4) is 0 Å². The van der Waals surface area contributed by atoms with Crippen LogP contribution in [0, 0.1) is 0 Å². The third-order valence-corrected chi connectivity index (χ3v) is 5.87. The minimum absolute atomic E-state index is 0.0298. The molecule has 1 aromatic carbocycles.